The minimum Gasteiger partial charge on any atom is -0.389 e. The fourth-order valence-corrected chi connectivity index (χ4v) is 1.87. The fourth-order valence-electron chi connectivity index (χ4n) is 1.87. The Morgan fingerprint density at radius 2 is 1.54 bits per heavy atom. The molecular formula is C11H25NO. The second kappa shape index (κ2) is 3.97. The largest absolute Gasteiger partial charge is 0.389 e. The van der Waals surface area contributed by atoms with E-state index in [1.165, 1.54) is 0 Å². The predicted octanol–water partition coefficient (Wildman–Crippen LogP) is 2.16. The molecule has 1 atom stereocenters. The second-order valence-corrected chi connectivity index (χ2v) is 5.35. The van der Waals surface area contributed by atoms with Crippen LogP contribution >= 0.6 is 0 Å². The summed E-state index contributed by atoms with van der Waals surface area (Å²) in [4.78, 5) is 0. The summed E-state index contributed by atoms with van der Waals surface area (Å²) in [7, 11) is 0. The van der Waals surface area contributed by atoms with Gasteiger partial charge >= 0.3 is 0 Å². The van der Waals surface area contributed by atoms with Gasteiger partial charge in [-0.15, -0.1) is 0 Å². The van der Waals surface area contributed by atoms with Crippen molar-refractivity contribution in [2.24, 2.45) is 17.6 Å². The molecule has 0 heterocycles. The average Bonchev–Trinajstić information content (AvgIpc) is 1.82. The molecule has 13 heavy (non-hydrogen) atoms. The second-order valence-electron chi connectivity index (χ2n) is 5.35. The van der Waals surface area contributed by atoms with Gasteiger partial charge in [-0.25, -0.2) is 0 Å². The number of hydrogen-bond donors (Lipinski definition) is 2. The summed E-state index contributed by atoms with van der Waals surface area (Å²) < 4.78 is 0. The predicted molar refractivity (Wildman–Crippen MR) is 57.5 cm³/mol. The van der Waals surface area contributed by atoms with E-state index in [2.05, 4.69) is 27.7 Å². The Morgan fingerprint density at radius 1 is 1.15 bits per heavy atom. The van der Waals surface area contributed by atoms with Crippen molar-refractivity contribution in [3.05, 3.63) is 0 Å². The molecule has 0 fully saturated rings. The lowest BCUT2D eigenvalue weighted by atomic mass is 9.70. The van der Waals surface area contributed by atoms with E-state index >= 15 is 0 Å². The molecule has 1 unspecified atom stereocenters. The van der Waals surface area contributed by atoms with Crippen LogP contribution in [0.3, 0.4) is 0 Å². The van der Waals surface area contributed by atoms with Gasteiger partial charge in [0.25, 0.3) is 0 Å². The molecule has 0 spiro atoms. The Kier molecular flexibility index (Phi) is 3.95. The zero-order valence-electron chi connectivity index (χ0n) is 9.89. The number of hydrogen-bond acceptors (Lipinski definition) is 2. The van der Waals surface area contributed by atoms with Crippen LogP contribution in [0.1, 0.15) is 48.0 Å². The molecule has 2 heteroatoms. The molecule has 0 rings (SSSR count). The highest BCUT2D eigenvalue weighted by Gasteiger charge is 2.42. The average molecular weight is 187 g/mol. The van der Waals surface area contributed by atoms with E-state index in [4.69, 9.17) is 5.73 Å². The van der Waals surface area contributed by atoms with Crippen molar-refractivity contribution < 1.29 is 5.11 Å². The molecule has 0 aromatic carbocycles. The quantitative estimate of drug-likeness (QED) is 0.708. The lowest BCUT2D eigenvalue weighted by Crippen LogP contribution is -2.61. The maximum absolute atomic E-state index is 10.0. The fraction of sp³-hybridized carbons (Fsp3) is 1.00. The van der Waals surface area contributed by atoms with Crippen LogP contribution in [0.15, 0.2) is 0 Å². The highest BCUT2D eigenvalue weighted by Crippen LogP contribution is 2.32. The molecular weight excluding hydrogens is 162 g/mol. The summed E-state index contributed by atoms with van der Waals surface area (Å²) in [6.07, 6.45) is 0.855. The molecule has 0 saturated heterocycles. The first-order chi connectivity index (χ1) is 5.61. The van der Waals surface area contributed by atoms with E-state index in [0.29, 0.717) is 5.92 Å². The van der Waals surface area contributed by atoms with Gasteiger partial charge in [0.15, 0.2) is 0 Å². The molecule has 0 amide bonds. The van der Waals surface area contributed by atoms with E-state index in [9.17, 15) is 5.11 Å². The Bertz CT molecular complexity index is 158. The van der Waals surface area contributed by atoms with Gasteiger partial charge in [0, 0.05) is 5.54 Å². The number of aliphatic hydroxyl groups is 1. The Morgan fingerprint density at radius 3 is 1.62 bits per heavy atom. The molecule has 0 aromatic rings. The van der Waals surface area contributed by atoms with E-state index in [1.54, 1.807) is 13.8 Å². The molecule has 3 N–H and O–H groups in total. The molecule has 0 aliphatic carbocycles. The van der Waals surface area contributed by atoms with Crippen LogP contribution in [0, 0.1) is 11.8 Å². The zero-order valence-corrected chi connectivity index (χ0v) is 9.89. The van der Waals surface area contributed by atoms with Crippen LogP contribution in [0.4, 0.5) is 0 Å². The molecule has 2 nitrogen and oxygen atoms in total. The highest BCUT2D eigenvalue weighted by molar-refractivity contribution is 5.00. The minimum absolute atomic E-state index is 0.287. The summed E-state index contributed by atoms with van der Waals surface area (Å²) in [5.74, 6) is 0.800. The van der Waals surface area contributed by atoms with E-state index in [1.807, 2.05) is 0 Å². The monoisotopic (exact) mass is 187 g/mol. The van der Waals surface area contributed by atoms with Crippen LogP contribution in [-0.2, 0) is 0 Å². The van der Waals surface area contributed by atoms with E-state index in [0.717, 1.165) is 6.42 Å². The van der Waals surface area contributed by atoms with E-state index < -0.39 is 11.1 Å². The lowest BCUT2D eigenvalue weighted by Gasteiger charge is -2.45. The highest BCUT2D eigenvalue weighted by atomic mass is 16.3. The third-order valence-corrected chi connectivity index (χ3v) is 2.92. The van der Waals surface area contributed by atoms with Crippen molar-refractivity contribution in [1.29, 1.82) is 0 Å². The molecule has 0 aromatic heterocycles. The van der Waals surface area contributed by atoms with Gasteiger partial charge in [0.2, 0.25) is 0 Å². The maximum atomic E-state index is 10.0. The smallest absolute Gasteiger partial charge is 0.0773 e. The number of nitrogens with two attached hydrogens (primary N) is 1. The van der Waals surface area contributed by atoms with Crippen LogP contribution < -0.4 is 5.73 Å². The van der Waals surface area contributed by atoms with Crippen LogP contribution in [0.2, 0.25) is 0 Å². The van der Waals surface area contributed by atoms with Crippen molar-refractivity contribution in [1.82, 2.24) is 0 Å². The van der Waals surface area contributed by atoms with Crippen LogP contribution in [0.5, 0.6) is 0 Å². The maximum Gasteiger partial charge on any atom is 0.0773 e. The van der Waals surface area contributed by atoms with Crippen molar-refractivity contribution in [3.63, 3.8) is 0 Å². The molecule has 0 radical (unpaired) electrons. The molecule has 0 saturated carbocycles. The van der Waals surface area contributed by atoms with Gasteiger partial charge in [0.05, 0.1) is 5.60 Å². The molecule has 0 aliphatic rings. The standard InChI is InChI=1S/C11H25NO/c1-8(2)7-11(12,9(3)4)10(5,6)13/h8-9,13H,7,12H2,1-6H3. The molecule has 80 valence electrons. The van der Waals surface area contributed by atoms with Crippen molar-refractivity contribution in [3.8, 4) is 0 Å². The topological polar surface area (TPSA) is 46.2 Å². The van der Waals surface area contributed by atoms with Gasteiger partial charge < -0.3 is 10.8 Å². The van der Waals surface area contributed by atoms with Crippen molar-refractivity contribution in [2.75, 3.05) is 0 Å². The van der Waals surface area contributed by atoms with Gasteiger partial charge in [-0.1, -0.05) is 27.7 Å². The molecule has 0 aliphatic heterocycles. The Balaban J connectivity index is 4.74. The van der Waals surface area contributed by atoms with Crippen LogP contribution in [0.25, 0.3) is 0 Å². The lowest BCUT2D eigenvalue weighted by molar-refractivity contribution is -0.0351. The van der Waals surface area contributed by atoms with Gasteiger partial charge in [-0.05, 0) is 32.1 Å². The summed E-state index contributed by atoms with van der Waals surface area (Å²) in [5, 5.41) is 10.0. The SMILES string of the molecule is CC(C)CC(N)(C(C)C)C(C)(C)O. The third-order valence-electron chi connectivity index (χ3n) is 2.92. The normalized spacial score (nSPS) is 18.0. The first-order valence-electron chi connectivity index (χ1n) is 5.12. The Hall–Kier alpha value is -0.0800. The van der Waals surface area contributed by atoms with Gasteiger partial charge in [0.1, 0.15) is 0 Å². The first-order valence-corrected chi connectivity index (χ1v) is 5.12. The Labute approximate surface area is 82.5 Å². The minimum atomic E-state index is -0.814. The zero-order chi connectivity index (χ0) is 10.9. The summed E-state index contributed by atoms with van der Waals surface area (Å²) in [6.45, 7) is 12.0. The first kappa shape index (κ1) is 12.9. The third kappa shape index (κ3) is 2.96. The summed E-state index contributed by atoms with van der Waals surface area (Å²) in [6, 6.07) is 0. The number of rotatable bonds is 4. The van der Waals surface area contributed by atoms with Crippen molar-refractivity contribution in [2.45, 2.75) is 59.1 Å². The van der Waals surface area contributed by atoms with Gasteiger partial charge in [-0.2, -0.15) is 0 Å². The van der Waals surface area contributed by atoms with Crippen molar-refractivity contribution >= 4 is 0 Å². The summed E-state index contributed by atoms with van der Waals surface area (Å²) in [5.41, 5.74) is 4.97. The molecule has 0 bridgehead atoms. The van der Waals surface area contributed by atoms with E-state index in [-0.39, 0.29) is 5.92 Å². The van der Waals surface area contributed by atoms with Crippen LogP contribution in [-0.4, -0.2) is 16.2 Å². The summed E-state index contributed by atoms with van der Waals surface area (Å²) >= 11 is 0. The van der Waals surface area contributed by atoms with Gasteiger partial charge in [-0.3, -0.25) is 0 Å².